The van der Waals surface area contributed by atoms with Crippen LogP contribution in [0.25, 0.3) is 0 Å². The number of amides is 3. The van der Waals surface area contributed by atoms with E-state index in [-0.39, 0.29) is 18.4 Å². The van der Waals surface area contributed by atoms with Crippen LogP contribution in [0.2, 0.25) is 0 Å². The normalized spacial score (nSPS) is 20.0. The van der Waals surface area contributed by atoms with Gasteiger partial charge in [-0.3, -0.25) is 4.79 Å². The van der Waals surface area contributed by atoms with E-state index in [0.717, 1.165) is 37.0 Å². The van der Waals surface area contributed by atoms with Crippen molar-refractivity contribution in [2.45, 2.75) is 90.0 Å². The quantitative estimate of drug-likeness (QED) is 0.334. The second-order valence-electron chi connectivity index (χ2n) is 7.46. The molecule has 1 unspecified atom stereocenters. The van der Waals surface area contributed by atoms with E-state index in [2.05, 4.69) is 6.92 Å². The Bertz CT molecular complexity index is 474. The molecule has 0 saturated carbocycles. The first kappa shape index (κ1) is 20.7. The lowest BCUT2D eigenvalue weighted by atomic mass is 10.0. The largest absolute Gasteiger partial charge is 0.464 e. The Kier molecular flexibility index (Phi) is 8.92. The molecule has 2 aliphatic rings. The second-order valence-corrected chi connectivity index (χ2v) is 7.46. The minimum Gasteiger partial charge on any atom is -0.464 e. The molecule has 0 N–H and O–H groups in total. The van der Waals surface area contributed by atoms with Crippen molar-refractivity contribution >= 4 is 17.9 Å². The van der Waals surface area contributed by atoms with Crippen molar-refractivity contribution in [3.8, 4) is 0 Å². The van der Waals surface area contributed by atoms with E-state index in [1.807, 2.05) is 0 Å². The monoisotopic (exact) mass is 366 g/mol. The summed E-state index contributed by atoms with van der Waals surface area (Å²) in [5.74, 6) is -0.701. The van der Waals surface area contributed by atoms with Crippen molar-refractivity contribution in [3.63, 3.8) is 0 Å². The molecular formula is C20H34N2O4. The van der Waals surface area contributed by atoms with Gasteiger partial charge in [-0.05, 0) is 25.7 Å². The number of β-lactam (4-membered cyclic amide) rings is 1. The van der Waals surface area contributed by atoms with Gasteiger partial charge < -0.3 is 9.64 Å². The van der Waals surface area contributed by atoms with Crippen LogP contribution in [0.1, 0.15) is 84.0 Å². The highest BCUT2D eigenvalue weighted by Crippen LogP contribution is 2.24. The van der Waals surface area contributed by atoms with Gasteiger partial charge in [0.2, 0.25) is 5.91 Å². The van der Waals surface area contributed by atoms with Crippen LogP contribution in [0.3, 0.4) is 0 Å². The van der Waals surface area contributed by atoms with E-state index in [0.29, 0.717) is 19.7 Å². The maximum atomic E-state index is 12.5. The molecule has 26 heavy (non-hydrogen) atoms. The molecule has 3 amide bonds. The van der Waals surface area contributed by atoms with E-state index in [4.69, 9.17) is 4.74 Å². The Labute approximate surface area is 157 Å². The van der Waals surface area contributed by atoms with Crippen LogP contribution in [0.5, 0.6) is 0 Å². The number of unbranched alkanes of at least 4 members (excludes halogenated alkanes) is 7. The van der Waals surface area contributed by atoms with E-state index in [9.17, 15) is 14.4 Å². The topological polar surface area (TPSA) is 66.9 Å². The number of piperidine rings is 1. The highest BCUT2D eigenvalue weighted by molar-refractivity contribution is 6.06. The molecule has 2 saturated heterocycles. The fourth-order valence-corrected chi connectivity index (χ4v) is 3.59. The number of rotatable bonds is 10. The third-order valence-corrected chi connectivity index (χ3v) is 5.30. The van der Waals surface area contributed by atoms with Gasteiger partial charge in [0, 0.05) is 13.1 Å². The number of hydrogen-bond donors (Lipinski definition) is 0. The first-order valence-electron chi connectivity index (χ1n) is 10.4. The van der Waals surface area contributed by atoms with Crippen LogP contribution in [0, 0.1) is 0 Å². The molecule has 2 heterocycles. The number of carbonyl (C=O) groups excluding carboxylic acids is 3. The lowest BCUT2D eigenvalue weighted by molar-refractivity contribution is -0.163. The van der Waals surface area contributed by atoms with E-state index < -0.39 is 12.0 Å². The van der Waals surface area contributed by atoms with Gasteiger partial charge in [-0.15, -0.1) is 0 Å². The maximum absolute atomic E-state index is 12.5. The molecule has 2 fully saturated rings. The minimum absolute atomic E-state index is 0.0931. The highest BCUT2D eigenvalue weighted by Gasteiger charge is 2.47. The molecule has 148 valence electrons. The van der Waals surface area contributed by atoms with Gasteiger partial charge in [-0.25, -0.2) is 14.5 Å². The van der Waals surface area contributed by atoms with Crippen LogP contribution < -0.4 is 0 Å². The molecule has 2 rings (SSSR count). The Hall–Kier alpha value is -1.59. The molecule has 1 atom stereocenters. The van der Waals surface area contributed by atoms with Crippen LogP contribution >= 0.6 is 0 Å². The number of hydrogen-bond acceptors (Lipinski definition) is 4. The summed E-state index contributed by atoms with van der Waals surface area (Å²) in [5.41, 5.74) is 0. The summed E-state index contributed by atoms with van der Waals surface area (Å²) in [5, 5.41) is 0. The Morgan fingerprint density at radius 3 is 2.19 bits per heavy atom. The molecule has 6 heteroatoms. The van der Waals surface area contributed by atoms with Crippen LogP contribution in [0.4, 0.5) is 4.79 Å². The first-order valence-corrected chi connectivity index (χ1v) is 10.4. The first-order chi connectivity index (χ1) is 12.6. The average molecular weight is 367 g/mol. The van der Waals surface area contributed by atoms with E-state index >= 15 is 0 Å². The molecule has 0 radical (unpaired) electrons. The van der Waals surface area contributed by atoms with Gasteiger partial charge in [-0.1, -0.05) is 51.9 Å². The molecule has 0 aromatic carbocycles. The molecule has 0 aromatic rings. The average Bonchev–Trinajstić information content (AvgIpc) is 2.65. The number of ether oxygens (including phenoxy) is 1. The number of imide groups is 1. The highest BCUT2D eigenvalue weighted by atomic mass is 16.5. The van der Waals surface area contributed by atoms with Crippen molar-refractivity contribution in [2.24, 2.45) is 0 Å². The van der Waals surface area contributed by atoms with Gasteiger partial charge in [0.1, 0.15) is 6.04 Å². The van der Waals surface area contributed by atoms with Crippen molar-refractivity contribution in [3.05, 3.63) is 0 Å². The lowest BCUT2D eigenvalue weighted by Gasteiger charge is -2.40. The van der Waals surface area contributed by atoms with Crippen molar-refractivity contribution < 1.29 is 19.1 Å². The molecule has 0 aromatic heterocycles. The van der Waals surface area contributed by atoms with Crippen LogP contribution in [-0.4, -0.2) is 53.4 Å². The molecule has 0 bridgehead atoms. The number of nitrogens with zero attached hydrogens (tertiary/aromatic N) is 2. The number of carbonyl (C=O) groups is 3. The zero-order valence-corrected chi connectivity index (χ0v) is 16.2. The second kappa shape index (κ2) is 11.2. The molecule has 2 aliphatic heterocycles. The van der Waals surface area contributed by atoms with Crippen LogP contribution in [0.15, 0.2) is 0 Å². The summed E-state index contributed by atoms with van der Waals surface area (Å²) >= 11 is 0. The Morgan fingerprint density at radius 1 is 0.962 bits per heavy atom. The standard InChI is InChI=1S/C20H34N2O4/c1-2-3-4-5-6-7-8-12-15-26-19(24)17-16-18(23)22(17)20(25)21-13-10-9-11-14-21/h17H,2-16H2,1H3. The van der Waals surface area contributed by atoms with Crippen molar-refractivity contribution in [2.75, 3.05) is 19.7 Å². The lowest BCUT2D eigenvalue weighted by Crippen LogP contribution is -2.63. The third kappa shape index (κ3) is 5.99. The molecular weight excluding hydrogens is 332 g/mol. The van der Waals surface area contributed by atoms with E-state index in [1.54, 1.807) is 4.90 Å². The summed E-state index contributed by atoms with van der Waals surface area (Å²) in [4.78, 5) is 39.2. The van der Waals surface area contributed by atoms with Crippen molar-refractivity contribution in [1.29, 1.82) is 0 Å². The third-order valence-electron chi connectivity index (χ3n) is 5.30. The number of esters is 1. The Morgan fingerprint density at radius 2 is 1.58 bits per heavy atom. The predicted molar refractivity (Wildman–Crippen MR) is 99.6 cm³/mol. The fourth-order valence-electron chi connectivity index (χ4n) is 3.59. The summed E-state index contributed by atoms with van der Waals surface area (Å²) in [6.07, 6.45) is 12.6. The van der Waals surface area contributed by atoms with Gasteiger partial charge >= 0.3 is 12.0 Å². The fraction of sp³-hybridized carbons (Fsp3) is 0.850. The van der Waals surface area contributed by atoms with E-state index in [1.165, 1.54) is 38.5 Å². The minimum atomic E-state index is -0.717. The van der Waals surface area contributed by atoms with Crippen LogP contribution in [-0.2, 0) is 14.3 Å². The van der Waals surface area contributed by atoms with Gasteiger partial charge in [0.05, 0.1) is 13.0 Å². The number of urea groups is 1. The Balaban J connectivity index is 1.61. The smallest absolute Gasteiger partial charge is 0.329 e. The summed E-state index contributed by atoms with van der Waals surface area (Å²) in [6, 6.07) is -1.04. The SMILES string of the molecule is CCCCCCCCCCOC(=O)C1CC(=O)N1C(=O)N1CCCCC1. The zero-order valence-electron chi connectivity index (χ0n) is 16.2. The van der Waals surface area contributed by atoms with Crippen molar-refractivity contribution in [1.82, 2.24) is 9.80 Å². The predicted octanol–water partition coefficient (Wildman–Crippen LogP) is 3.88. The van der Waals surface area contributed by atoms with Gasteiger partial charge in [-0.2, -0.15) is 0 Å². The molecule has 6 nitrogen and oxygen atoms in total. The molecule has 0 aliphatic carbocycles. The summed E-state index contributed by atoms with van der Waals surface area (Å²) < 4.78 is 5.30. The maximum Gasteiger partial charge on any atom is 0.329 e. The number of likely N-dealkylation sites (tertiary alicyclic amines) is 2. The molecule has 0 spiro atoms. The summed E-state index contributed by atoms with van der Waals surface area (Å²) in [7, 11) is 0. The summed E-state index contributed by atoms with van der Waals surface area (Å²) in [6.45, 7) is 3.93. The zero-order chi connectivity index (χ0) is 18.8. The van der Waals surface area contributed by atoms with Gasteiger partial charge in [0.15, 0.2) is 0 Å². The van der Waals surface area contributed by atoms with Gasteiger partial charge in [0.25, 0.3) is 0 Å².